The summed E-state index contributed by atoms with van der Waals surface area (Å²) in [6.07, 6.45) is 10.2. The standard InChI is InChI=1S/C16H26N4S/c1-21-16-9-8-15(17-18-16)20-12-6-7-14(13-20)19-10-4-2-3-5-11-19/h8-9,14H,2-7,10-13H2,1H3. The lowest BCUT2D eigenvalue weighted by molar-refractivity contribution is 0.181. The predicted octanol–water partition coefficient (Wildman–Crippen LogP) is 3.04. The van der Waals surface area contributed by atoms with Gasteiger partial charge in [0, 0.05) is 19.1 Å². The summed E-state index contributed by atoms with van der Waals surface area (Å²) in [6.45, 7) is 4.82. The highest BCUT2D eigenvalue weighted by atomic mass is 32.2. The van der Waals surface area contributed by atoms with Crippen molar-refractivity contribution in [2.45, 2.75) is 49.6 Å². The summed E-state index contributed by atoms with van der Waals surface area (Å²) < 4.78 is 0. The van der Waals surface area contributed by atoms with Gasteiger partial charge in [0.05, 0.1) is 0 Å². The van der Waals surface area contributed by atoms with Gasteiger partial charge in [-0.15, -0.1) is 22.0 Å². The lowest BCUT2D eigenvalue weighted by atomic mass is 10.0. The minimum atomic E-state index is 0.707. The van der Waals surface area contributed by atoms with Crippen molar-refractivity contribution in [2.75, 3.05) is 37.3 Å². The fourth-order valence-corrected chi connectivity index (χ4v) is 3.84. The molecule has 0 bridgehead atoms. The average molecular weight is 306 g/mol. The Hall–Kier alpha value is -0.810. The molecule has 2 aliphatic heterocycles. The summed E-state index contributed by atoms with van der Waals surface area (Å²) in [5, 5.41) is 9.69. The van der Waals surface area contributed by atoms with Crippen molar-refractivity contribution >= 4 is 17.6 Å². The van der Waals surface area contributed by atoms with Crippen molar-refractivity contribution < 1.29 is 0 Å². The zero-order valence-corrected chi connectivity index (χ0v) is 13.8. The normalized spacial score (nSPS) is 24.8. The molecule has 116 valence electrons. The van der Waals surface area contributed by atoms with Gasteiger partial charge in [-0.25, -0.2) is 0 Å². The van der Waals surface area contributed by atoms with Gasteiger partial charge in [0.25, 0.3) is 0 Å². The summed E-state index contributed by atoms with van der Waals surface area (Å²) in [6, 6.07) is 4.92. The first kappa shape index (κ1) is 15.1. The van der Waals surface area contributed by atoms with Gasteiger partial charge in [0.15, 0.2) is 5.82 Å². The fraction of sp³-hybridized carbons (Fsp3) is 0.750. The lowest BCUT2D eigenvalue weighted by Crippen LogP contribution is -2.48. The van der Waals surface area contributed by atoms with Crippen molar-refractivity contribution in [3.05, 3.63) is 12.1 Å². The van der Waals surface area contributed by atoms with Gasteiger partial charge in [-0.3, -0.25) is 4.90 Å². The van der Waals surface area contributed by atoms with Crippen LogP contribution in [0.2, 0.25) is 0 Å². The molecule has 1 atom stereocenters. The Morgan fingerprint density at radius 1 is 1.00 bits per heavy atom. The zero-order chi connectivity index (χ0) is 14.5. The SMILES string of the molecule is CSc1ccc(N2CCCC(N3CCCCCC3)C2)nn1. The summed E-state index contributed by atoms with van der Waals surface area (Å²) in [5.41, 5.74) is 0. The molecule has 2 fully saturated rings. The number of piperidine rings is 1. The highest BCUT2D eigenvalue weighted by Gasteiger charge is 2.26. The minimum absolute atomic E-state index is 0.707. The number of aromatic nitrogens is 2. The first-order chi connectivity index (χ1) is 10.4. The smallest absolute Gasteiger partial charge is 0.151 e. The highest BCUT2D eigenvalue weighted by Crippen LogP contribution is 2.23. The van der Waals surface area contributed by atoms with E-state index in [0.29, 0.717) is 6.04 Å². The second kappa shape index (κ2) is 7.45. The Morgan fingerprint density at radius 3 is 2.48 bits per heavy atom. The van der Waals surface area contributed by atoms with Crippen LogP contribution in [-0.2, 0) is 0 Å². The number of nitrogens with zero attached hydrogens (tertiary/aromatic N) is 4. The van der Waals surface area contributed by atoms with Crippen molar-refractivity contribution in [3.8, 4) is 0 Å². The summed E-state index contributed by atoms with van der Waals surface area (Å²) in [7, 11) is 0. The molecule has 3 rings (SSSR count). The fourth-order valence-electron chi connectivity index (χ4n) is 3.51. The molecule has 1 aromatic heterocycles. The summed E-state index contributed by atoms with van der Waals surface area (Å²) in [4.78, 5) is 5.15. The Kier molecular flexibility index (Phi) is 5.36. The van der Waals surface area contributed by atoms with Crippen molar-refractivity contribution in [1.82, 2.24) is 15.1 Å². The number of anilines is 1. The topological polar surface area (TPSA) is 32.3 Å². The van der Waals surface area contributed by atoms with Crippen molar-refractivity contribution in [2.24, 2.45) is 0 Å². The third-order valence-corrected chi connectivity index (χ3v) is 5.35. The third-order valence-electron chi connectivity index (χ3n) is 4.71. The van der Waals surface area contributed by atoms with E-state index in [9.17, 15) is 0 Å². The van der Waals surface area contributed by atoms with Crippen molar-refractivity contribution in [1.29, 1.82) is 0 Å². The molecule has 2 saturated heterocycles. The quantitative estimate of drug-likeness (QED) is 0.802. The van der Waals surface area contributed by atoms with Gasteiger partial charge in [-0.2, -0.15) is 0 Å². The molecule has 4 nitrogen and oxygen atoms in total. The first-order valence-electron chi connectivity index (χ1n) is 8.23. The van der Waals surface area contributed by atoms with E-state index in [1.54, 1.807) is 11.8 Å². The van der Waals surface area contributed by atoms with Crippen LogP contribution in [0.5, 0.6) is 0 Å². The van der Waals surface area contributed by atoms with Crippen LogP contribution in [0.3, 0.4) is 0 Å². The largest absolute Gasteiger partial charge is 0.354 e. The third kappa shape index (κ3) is 3.89. The second-order valence-electron chi connectivity index (χ2n) is 6.13. The molecule has 0 radical (unpaired) electrons. The molecule has 0 aliphatic carbocycles. The number of rotatable bonds is 3. The van der Waals surface area contributed by atoms with E-state index in [-0.39, 0.29) is 0 Å². The molecule has 0 amide bonds. The van der Waals surface area contributed by atoms with E-state index in [2.05, 4.69) is 32.1 Å². The van der Waals surface area contributed by atoms with Crippen LogP contribution in [0.15, 0.2) is 17.2 Å². The van der Waals surface area contributed by atoms with Crippen LogP contribution in [0.25, 0.3) is 0 Å². The molecule has 1 aromatic rings. The lowest BCUT2D eigenvalue weighted by Gasteiger charge is -2.39. The molecule has 0 N–H and O–H groups in total. The van der Waals surface area contributed by atoms with E-state index < -0.39 is 0 Å². The zero-order valence-electron chi connectivity index (χ0n) is 13.0. The van der Waals surface area contributed by atoms with Crippen LogP contribution < -0.4 is 4.90 Å². The Morgan fingerprint density at radius 2 is 1.81 bits per heavy atom. The minimum Gasteiger partial charge on any atom is -0.354 e. The molecular formula is C16H26N4S. The maximum Gasteiger partial charge on any atom is 0.151 e. The van der Waals surface area contributed by atoms with Gasteiger partial charge < -0.3 is 4.90 Å². The number of hydrogen-bond acceptors (Lipinski definition) is 5. The monoisotopic (exact) mass is 306 g/mol. The molecule has 21 heavy (non-hydrogen) atoms. The van der Waals surface area contributed by atoms with Crippen LogP contribution in [-0.4, -0.2) is 53.6 Å². The molecule has 3 heterocycles. The maximum absolute atomic E-state index is 4.41. The predicted molar refractivity (Wildman–Crippen MR) is 89.1 cm³/mol. The molecule has 0 aromatic carbocycles. The van der Waals surface area contributed by atoms with Crippen LogP contribution in [0.1, 0.15) is 38.5 Å². The summed E-state index contributed by atoms with van der Waals surface area (Å²) in [5.74, 6) is 1.05. The van der Waals surface area contributed by atoms with E-state index in [1.165, 1.54) is 51.6 Å². The van der Waals surface area contributed by atoms with E-state index >= 15 is 0 Å². The van der Waals surface area contributed by atoms with E-state index in [4.69, 9.17) is 0 Å². The Balaban J connectivity index is 1.64. The molecule has 0 spiro atoms. The van der Waals surface area contributed by atoms with Gasteiger partial charge in [0.1, 0.15) is 5.03 Å². The molecule has 2 aliphatic rings. The van der Waals surface area contributed by atoms with Gasteiger partial charge in [-0.05, 0) is 57.2 Å². The van der Waals surface area contributed by atoms with Crippen molar-refractivity contribution in [3.63, 3.8) is 0 Å². The second-order valence-corrected chi connectivity index (χ2v) is 6.95. The average Bonchev–Trinajstić information content (AvgIpc) is 2.84. The number of hydrogen-bond donors (Lipinski definition) is 0. The Bertz CT molecular complexity index is 428. The van der Waals surface area contributed by atoms with Gasteiger partial charge in [-0.1, -0.05) is 12.8 Å². The Labute approximate surface area is 132 Å². The van der Waals surface area contributed by atoms with Gasteiger partial charge >= 0.3 is 0 Å². The molecule has 5 heteroatoms. The molecule has 1 unspecified atom stereocenters. The molecule has 0 saturated carbocycles. The first-order valence-corrected chi connectivity index (χ1v) is 9.46. The summed E-state index contributed by atoms with van der Waals surface area (Å²) >= 11 is 1.65. The number of likely N-dealkylation sites (tertiary alicyclic amines) is 1. The van der Waals surface area contributed by atoms with Crippen LogP contribution in [0.4, 0.5) is 5.82 Å². The van der Waals surface area contributed by atoms with E-state index in [1.807, 2.05) is 6.26 Å². The van der Waals surface area contributed by atoms with Gasteiger partial charge in [0.2, 0.25) is 0 Å². The van der Waals surface area contributed by atoms with Crippen LogP contribution in [0, 0.1) is 0 Å². The number of thioether (sulfide) groups is 1. The maximum atomic E-state index is 4.41. The van der Waals surface area contributed by atoms with E-state index in [0.717, 1.165) is 23.9 Å². The van der Waals surface area contributed by atoms with Crippen LogP contribution >= 0.6 is 11.8 Å². The molecular weight excluding hydrogens is 280 g/mol. The highest BCUT2D eigenvalue weighted by molar-refractivity contribution is 7.98.